The Morgan fingerprint density at radius 1 is 0.672 bits per heavy atom. The lowest BCUT2D eigenvalue weighted by Crippen LogP contribution is -2.50. The molecule has 4 aromatic rings. The summed E-state index contributed by atoms with van der Waals surface area (Å²) in [6.45, 7) is 2.69. The maximum atomic E-state index is 13.2. The van der Waals surface area contributed by atoms with E-state index in [1.54, 1.807) is 36.4 Å². The third kappa shape index (κ3) is 13.1. The molecular formula is C43H52Cl4N6O9S2. The molecule has 4 unspecified atom stereocenters. The van der Waals surface area contributed by atoms with Crippen molar-refractivity contribution in [2.75, 3.05) is 79.8 Å². The molecule has 0 aromatic heterocycles. The normalized spacial score (nSPS) is 18.0. The summed E-state index contributed by atoms with van der Waals surface area (Å²) in [5.41, 5.74) is 5.47. The van der Waals surface area contributed by atoms with Gasteiger partial charge in [-0.1, -0.05) is 70.7 Å². The van der Waals surface area contributed by atoms with Gasteiger partial charge in [-0.2, -0.15) is 0 Å². The fourth-order valence-electron chi connectivity index (χ4n) is 7.81. The van der Waals surface area contributed by atoms with E-state index >= 15 is 0 Å². The minimum Gasteiger partial charge on any atom is -0.379 e. The second kappa shape index (κ2) is 22.7. The average Bonchev–Trinajstić information content (AvgIpc) is 3.25. The van der Waals surface area contributed by atoms with Gasteiger partial charge in [0.2, 0.25) is 20.0 Å². The minimum atomic E-state index is -3.88. The molecule has 21 heteroatoms. The van der Waals surface area contributed by atoms with E-state index in [-0.39, 0.29) is 74.2 Å². The monoisotopic (exact) mass is 1000 g/mol. The lowest BCUT2D eigenvalue weighted by molar-refractivity contribution is -0.136. The van der Waals surface area contributed by atoms with Gasteiger partial charge >= 0.3 is 0 Å². The van der Waals surface area contributed by atoms with Crippen LogP contribution in [-0.2, 0) is 47.4 Å². The molecule has 0 spiro atoms. The number of ether oxygens (including phenoxy) is 2. The van der Waals surface area contributed by atoms with Crippen LogP contribution in [0.25, 0.3) is 0 Å². The van der Waals surface area contributed by atoms with E-state index in [1.165, 1.54) is 12.1 Å². The molecule has 2 aliphatic heterocycles. The first-order chi connectivity index (χ1) is 30.4. The van der Waals surface area contributed by atoms with Gasteiger partial charge in [0.25, 0.3) is 5.91 Å². The first-order valence-electron chi connectivity index (χ1n) is 20.5. The molecule has 4 atom stereocenters. The van der Waals surface area contributed by atoms with Crippen molar-refractivity contribution in [3.8, 4) is 0 Å². The van der Waals surface area contributed by atoms with E-state index in [0.717, 1.165) is 33.4 Å². The van der Waals surface area contributed by atoms with E-state index in [1.807, 2.05) is 38.4 Å². The van der Waals surface area contributed by atoms with Gasteiger partial charge in [-0.05, 0) is 96.0 Å². The molecule has 0 saturated carbocycles. The molecule has 0 saturated heterocycles. The number of nitrogens with zero attached hydrogens (tertiary/aromatic N) is 2. The van der Waals surface area contributed by atoms with Crippen molar-refractivity contribution in [1.29, 1.82) is 0 Å². The largest absolute Gasteiger partial charge is 0.379 e. The summed E-state index contributed by atoms with van der Waals surface area (Å²) in [7, 11) is -3.80. The molecule has 0 radical (unpaired) electrons. The number of aliphatic hydroxyl groups excluding tert-OH is 2. The van der Waals surface area contributed by atoms with Crippen molar-refractivity contribution in [3.63, 3.8) is 0 Å². The summed E-state index contributed by atoms with van der Waals surface area (Å²) >= 11 is 25.6. The Hall–Kier alpha value is -2.95. The lowest BCUT2D eigenvalue weighted by Gasteiger charge is -2.33. The van der Waals surface area contributed by atoms with E-state index in [4.69, 9.17) is 55.9 Å². The van der Waals surface area contributed by atoms with Crippen LogP contribution in [0.2, 0.25) is 20.1 Å². The van der Waals surface area contributed by atoms with E-state index in [0.29, 0.717) is 46.3 Å². The molecule has 0 aliphatic carbocycles. The number of nitrogens with one attached hydrogen (secondary N) is 4. The Balaban J connectivity index is 0.844. The van der Waals surface area contributed by atoms with Crippen molar-refractivity contribution < 1.29 is 41.3 Å². The van der Waals surface area contributed by atoms with Gasteiger partial charge < -0.3 is 34.8 Å². The molecule has 15 nitrogen and oxygen atoms in total. The Morgan fingerprint density at radius 3 is 1.58 bits per heavy atom. The quantitative estimate of drug-likeness (QED) is 0.0517. The van der Waals surface area contributed by atoms with Crippen LogP contribution in [0.1, 0.15) is 45.2 Å². The van der Waals surface area contributed by atoms with Gasteiger partial charge in [0.15, 0.2) is 6.10 Å². The summed E-state index contributed by atoms with van der Waals surface area (Å²) in [5, 5.41) is 27.7. The Labute approximate surface area is 394 Å². The van der Waals surface area contributed by atoms with Crippen LogP contribution in [0.5, 0.6) is 0 Å². The van der Waals surface area contributed by atoms with Crippen molar-refractivity contribution >= 4 is 72.4 Å². The van der Waals surface area contributed by atoms with Gasteiger partial charge in [-0.25, -0.2) is 26.3 Å². The van der Waals surface area contributed by atoms with Crippen molar-refractivity contribution in [1.82, 2.24) is 29.9 Å². The van der Waals surface area contributed by atoms with Crippen LogP contribution in [0.15, 0.2) is 82.6 Å². The number of hydrogen-bond acceptors (Lipinski definition) is 12. The minimum absolute atomic E-state index is 0.00790. The smallest absolute Gasteiger partial charge is 0.253 e. The van der Waals surface area contributed by atoms with E-state index in [2.05, 4.69) is 29.9 Å². The summed E-state index contributed by atoms with van der Waals surface area (Å²) < 4.78 is 68.6. The van der Waals surface area contributed by atoms with E-state index in [9.17, 15) is 31.8 Å². The molecule has 6 N–H and O–H groups in total. The molecule has 348 valence electrons. The number of carbonyl (C=O) groups excluding carboxylic acids is 1. The lowest BCUT2D eigenvalue weighted by atomic mass is 9.85. The molecule has 64 heavy (non-hydrogen) atoms. The van der Waals surface area contributed by atoms with Crippen molar-refractivity contribution in [3.05, 3.63) is 126 Å². The second-order valence-corrected chi connectivity index (χ2v) is 20.9. The maximum absolute atomic E-state index is 13.2. The van der Waals surface area contributed by atoms with E-state index < -0.39 is 38.3 Å². The maximum Gasteiger partial charge on any atom is 0.253 e. The zero-order chi connectivity index (χ0) is 46.2. The summed E-state index contributed by atoms with van der Waals surface area (Å²) in [4.78, 5) is 16.8. The molecular weight excluding hydrogens is 950 g/mol. The second-order valence-electron chi connectivity index (χ2n) is 15.7. The zero-order valence-corrected chi connectivity index (χ0v) is 39.9. The van der Waals surface area contributed by atoms with Gasteiger partial charge in [0.1, 0.15) is 6.23 Å². The summed E-state index contributed by atoms with van der Waals surface area (Å²) in [5.74, 6) is -1.12. The number of halogens is 4. The molecule has 6 rings (SSSR count). The standard InChI is InChI=1S/C43H52Cl4N6O9S2/c1-52-23-35(33-19-29(44)21-39(46)37(33)25-52)27-5-3-7-31(17-27)63(57,58)50-11-15-61-13-9-48-42(55)41(54)43(56)49-10-14-62-16-12-51-64(59,60)32-8-4-6-28(18-32)36-24-53(2)26-38-34(36)20-30(45)22-40(38)47/h3-8,17-22,35-36,41-42,48,50-51,54-55H,9-16,23-26H2,1-2H3,(H,49,56). The van der Waals surface area contributed by atoms with Crippen molar-refractivity contribution in [2.24, 2.45) is 0 Å². The number of fused-ring (bicyclic) bond motifs is 2. The molecule has 1 amide bonds. The highest BCUT2D eigenvalue weighted by atomic mass is 35.5. The average molecular weight is 1000 g/mol. The SMILES string of the molecule is CN1Cc2c(Cl)cc(Cl)cc2C(c2cccc(S(=O)(=O)NCCOCCNC(=O)C(O)C(O)NCCOCCNS(=O)(=O)c3cccc(C4CN(C)Cc5c(Cl)cc(Cl)cc54)c3)c2)C1. The number of likely N-dealkylation sites (N-methyl/N-ethyl adjacent to an activating group) is 2. The van der Waals surface area contributed by atoms with Crippen LogP contribution in [0.3, 0.4) is 0 Å². The molecule has 0 fully saturated rings. The number of hydrogen-bond donors (Lipinski definition) is 6. The van der Waals surface area contributed by atoms with Crippen LogP contribution in [0.4, 0.5) is 0 Å². The number of carbonyl (C=O) groups is 1. The number of aliphatic hydroxyl groups is 2. The van der Waals surface area contributed by atoms with Crippen molar-refractivity contribution in [2.45, 2.75) is 47.0 Å². The Kier molecular flexibility index (Phi) is 17.9. The van der Waals surface area contributed by atoms with Crippen LogP contribution in [-0.4, -0.2) is 135 Å². The third-order valence-electron chi connectivity index (χ3n) is 10.9. The fraction of sp³-hybridized carbons (Fsp3) is 0.419. The van der Waals surface area contributed by atoms with Gasteiger partial charge in [0, 0.05) is 84.3 Å². The van der Waals surface area contributed by atoms with Gasteiger partial charge in [0.05, 0.1) is 36.2 Å². The number of benzene rings is 4. The number of rotatable bonds is 21. The van der Waals surface area contributed by atoms with Crippen LogP contribution < -0.4 is 20.1 Å². The third-order valence-corrected chi connectivity index (χ3v) is 14.9. The topological polar surface area (TPSA) is 199 Å². The first kappa shape index (κ1) is 50.5. The predicted octanol–water partition coefficient (Wildman–Crippen LogP) is 4.13. The van der Waals surface area contributed by atoms with Gasteiger partial charge in [-0.15, -0.1) is 0 Å². The number of amides is 1. The van der Waals surface area contributed by atoms with Crippen LogP contribution >= 0.6 is 46.4 Å². The molecule has 0 bridgehead atoms. The predicted molar refractivity (Wildman–Crippen MR) is 247 cm³/mol. The Bertz CT molecular complexity index is 2510. The molecule has 2 heterocycles. The fourth-order valence-corrected chi connectivity index (χ4v) is 11.1. The highest BCUT2D eigenvalue weighted by Gasteiger charge is 2.30. The summed E-state index contributed by atoms with van der Waals surface area (Å²) in [6, 6.07) is 20.7. The highest BCUT2D eigenvalue weighted by molar-refractivity contribution is 7.89. The zero-order valence-electron chi connectivity index (χ0n) is 35.2. The molecule has 4 aromatic carbocycles. The molecule has 2 aliphatic rings. The van der Waals surface area contributed by atoms with Gasteiger partial charge in [-0.3, -0.25) is 10.1 Å². The highest BCUT2D eigenvalue weighted by Crippen LogP contribution is 2.40. The first-order valence-corrected chi connectivity index (χ1v) is 25.0. The summed E-state index contributed by atoms with van der Waals surface area (Å²) in [6.07, 6.45) is -3.42. The Morgan fingerprint density at radius 2 is 1.11 bits per heavy atom. The van der Waals surface area contributed by atoms with Crippen LogP contribution in [0, 0.1) is 0 Å². The number of sulfonamides is 2.